The minimum absolute atomic E-state index is 0.0878. The van der Waals surface area contributed by atoms with E-state index in [1.165, 1.54) is 12.8 Å². The van der Waals surface area contributed by atoms with Crippen LogP contribution in [0.2, 0.25) is 0 Å². The Labute approximate surface area is 85.6 Å². The molecular weight excluding hydrogens is 176 g/mol. The Morgan fingerprint density at radius 2 is 2.43 bits per heavy atom. The lowest BCUT2D eigenvalue weighted by atomic mass is 10.0. The van der Waals surface area contributed by atoms with Crippen LogP contribution in [0.3, 0.4) is 0 Å². The Hall–Kier alpha value is -0.570. The van der Waals surface area contributed by atoms with Crippen molar-refractivity contribution < 1.29 is 4.79 Å². The minimum Gasteiger partial charge on any atom is -0.335 e. The molecule has 1 saturated heterocycles. The quantitative estimate of drug-likeness (QED) is 0.735. The Morgan fingerprint density at radius 1 is 1.64 bits per heavy atom. The van der Waals surface area contributed by atoms with Crippen LogP contribution in [0.15, 0.2) is 0 Å². The fourth-order valence-electron chi connectivity index (χ4n) is 2.87. The third-order valence-electron chi connectivity index (χ3n) is 3.79. The van der Waals surface area contributed by atoms with Gasteiger partial charge in [-0.1, -0.05) is 6.92 Å². The first kappa shape index (κ1) is 9.97. The van der Waals surface area contributed by atoms with Crippen LogP contribution in [0.5, 0.6) is 0 Å². The van der Waals surface area contributed by atoms with Crippen molar-refractivity contribution in [2.24, 2.45) is 11.7 Å². The van der Waals surface area contributed by atoms with Gasteiger partial charge >= 0.3 is 0 Å². The number of rotatable bonds is 3. The average Bonchev–Trinajstić information content (AvgIpc) is 2.92. The highest BCUT2D eigenvalue weighted by Gasteiger charge is 2.59. The maximum Gasteiger partial charge on any atom is 0.223 e. The monoisotopic (exact) mass is 196 g/mol. The Bertz CT molecular complexity index is 241. The van der Waals surface area contributed by atoms with Gasteiger partial charge in [0.15, 0.2) is 0 Å². The summed E-state index contributed by atoms with van der Waals surface area (Å²) in [6.07, 6.45) is 5.23. The summed E-state index contributed by atoms with van der Waals surface area (Å²) in [6.45, 7) is 3.65. The van der Waals surface area contributed by atoms with Crippen LogP contribution in [0.1, 0.15) is 39.0 Å². The smallest absolute Gasteiger partial charge is 0.223 e. The number of nitrogens with two attached hydrogens (primary N) is 1. The Kier molecular flexibility index (Phi) is 2.52. The van der Waals surface area contributed by atoms with E-state index in [-0.39, 0.29) is 5.54 Å². The maximum absolute atomic E-state index is 11.9. The predicted molar refractivity (Wildman–Crippen MR) is 55.7 cm³/mol. The lowest BCUT2D eigenvalue weighted by Gasteiger charge is -2.36. The van der Waals surface area contributed by atoms with Gasteiger partial charge in [0.2, 0.25) is 5.91 Å². The molecule has 0 aromatic heterocycles. The highest BCUT2D eigenvalue weighted by atomic mass is 16.2. The number of carbonyl (C=O) groups excluding carboxylic acids is 1. The summed E-state index contributed by atoms with van der Waals surface area (Å²) in [7, 11) is 0. The molecule has 0 spiro atoms. The fraction of sp³-hybridized carbons (Fsp3) is 0.909. The van der Waals surface area contributed by atoms with Crippen LogP contribution in [-0.2, 0) is 4.79 Å². The summed E-state index contributed by atoms with van der Waals surface area (Å²) in [5.41, 5.74) is 5.90. The molecule has 3 nitrogen and oxygen atoms in total. The van der Waals surface area contributed by atoms with Gasteiger partial charge in [-0.15, -0.1) is 0 Å². The summed E-state index contributed by atoms with van der Waals surface area (Å²) in [6, 6.07) is 0. The molecule has 2 unspecified atom stereocenters. The van der Waals surface area contributed by atoms with Crippen LogP contribution < -0.4 is 5.73 Å². The van der Waals surface area contributed by atoms with E-state index in [9.17, 15) is 4.79 Å². The number of nitrogens with zero attached hydrogens (tertiary/aromatic N) is 1. The number of hydrogen-bond donors (Lipinski definition) is 1. The second-order valence-electron chi connectivity index (χ2n) is 4.65. The van der Waals surface area contributed by atoms with Crippen molar-refractivity contribution in [1.29, 1.82) is 0 Å². The second kappa shape index (κ2) is 3.54. The molecule has 2 atom stereocenters. The molecule has 1 amide bonds. The van der Waals surface area contributed by atoms with Gasteiger partial charge < -0.3 is 10.6 Å². The second-order valence-corrected chi connectivity index (χ2v) is 4.65. The first-order valence-corrected chi connectivity index (χ1v) is 5.75. The Balaban J connectivity index is 2.06. The predicted octanol–water partition coefficient (Wildman–Crippen LogP) is 1.13. The molecule has 1 heterocycles. The molecule has 2 aliphatic rings. The molecule has 2 N–H and O–H groups in total. The van der Waals surface area contributed by atoms with Crippen molar-refractivity contribution in [3.63, 3.8) is 0 Å². The molecular formula is C11H20N2O. The zero-order valence-corrected chi connectivity index (χ0v) is 8.96. The zero-order chi connectivity index (χ0) is 10.2. The number of likely N-dealkylation sites (tertiary alicyclic amines) is 1. The zero-order valence-electron chi connectivity index (χ0n) is 8.96. The molecule has 2 rings (SSSR count). The van der Waals surface area contributed by atoms with Crippen molar-refractivity contribution in [2.45, 2.75) is 44.6 Å². The lowest BCUT2D eigenvalue weighted by molar-refractivity contribution is -0.135. The van der Waals surface area contributed by atoms with Crippen LogP contribution in [0.4, 0.5) is 0 Å². The standard InChI is InChI=1S/C11H20N2O/c1-2-4-10(14)13-6-3-5-9-7-11(9,13)8-12/h9H,2-8,12H2,1H3. The summed E-state index contributed by atoms with van der Waals surface area (Å²) in [5.74, 6) is 1.03. The van der Waals surface area contributed by atoms with Crippen LogP contribution in [0, 0.1) is 5.92 Å². The van der Waals surface area contributed by atoms with Crippen molar-refractivity contribution >= 4 is 5.91 Å². The highest BCUT2D eigenvalue weighted by Crippen LogP contribution is 2.53. The lowest BCUT2D eigenvalue weighted by Crippen LogP contribution is -2.50. The maximum atomic E-state index is 11.9. The summed E-state index contributed by atoms with van der Waals surface area (Å²) < 4.78 is 0. The summed E-state index contributed by atoms with van der Waals surface area (Å²) in [4.78, 5) is 13.9. The molecule has 2 fully saturated rings. The third kappa shape index (κ3) is 1.34. The third-order valence-corrected chi connectivity index (χ3v) is 3.79. The number of fused-ring (bicyclic) bond motifs is 1. The topological polar surface area (TPSA) is 46.3 Å². The molecule has 0 aromatic carbocycles. The van der Waals surface area contributed by atoms with Crippen LogP contribution >= 0.6 is 0 Å². The normalized spacial score (nSPS) is 35.3. The van der Waals surface area contributed by atoms with Crippen LogP contribution in [-0.4, -0.2) is 29.4 Å². The van der Waals surface area contributed by atoms with Gasteiger partial charge in [0, 0.05) is 19.5 Å². The van der Waals surface area contributed by atoms with Gasteiger partial charge in [0.05, 0.1) is 5.54 Å². The van der Waals surface area contributed by atoms with Gasteiger partial charge in [-0.3, -0.25) is 4.79 Å². The largest absolute Gasteiger partial charge is 0.335 e. The van der Waals surface area contributed by atoms with E-state index in [4.69, 9.17) is 5.73 Å². The van der Waals surface area contributed by atoms with Gasteiger partial charge in [-0.05, 0) is 31.6 Å². The highest BCUT2D eigenvalue weighted by molar-refractivity contribution is 5.78. The van der Waals surface area contributed by atoms with Crippen molar-refractivity contribution in [2.75, 3.05) is 13.1 Å². The number of carbonyl (C=O) groups is 1. The molecule has 1 aliphatic heterocycles. The van der Waals surface area contributed by atoms with E-state index < -0.39 is 0 Å². The molecule has 3 heteroatoms. The van der Waals surface area contributed by atoms with Crippen molar-refractivity contribution in [1.82, 2.24) is 4.90 Å². The van der Waals surface area contributed by atoms with Crippen molar-refractivity contribution in [3.05, 3.63) is 0 Å². The molecule has 1 saturated carbocycles. The first-order chi connectivity index (χ1) is 6.74. The van der Waals surface area contributed by atoms with Crippen molar-refractivity contribution in [3.8, 4) is 0 Å². The van der Waals surface area contributed by atoms with Gasteiger partial charge in [-0.2, -0.15) is 0 Å². The van der Waals surface area contributed by atoms with Gasteiger partial charge in [-0.25, -0.2) is 0 Å². The average molecular weight is 196 g/mol. The Morgan fingerprint density at radius 3 is 3.07 bits per heavy atom. The van der Waals surface area contributed by atoms with E-state index in [0.29, 0.717) is 24.8 Å². The first-order valence-electron chi connectivity index (χ1n) is 5.75. The van der Waals surface area contributed by atoms with E-state index in [1.54, 1.807) is 0 Å². The van der Waals surface area contributed by atoms with Gasteiger partial charge in [0.25, 0.3) is 0 Å². The molecule has 0 bridgehead atoms. The number of hydrogen-bond acceptors (Lipinski definition) is 2. The fourth-order valence-corrected chi connectivity index (χ4v) is 2.87. The molecule has 14 heavy (non-hydrogen) atoms. The van der Waals surface area contributed by atoms with E-state index in [1.807, 2.05) is 0 Å². The van der Waals surface area contributed by atoms with E-state index >= 15 is 0 Å². The number of amides is 1. The number of piperidine rings is 1. The summed E-state index contributed by atoms with van der Waals surface area (Å²) in [5, 5.41) is 0. The molecule has 0 radical (unpaired) electrons. The molecule has 80 valence electrons. The minimum atomic E-state index is 0.0878. The van der Waals surface area contributed by atoms with Crippen LogP contribution in [0.25, 0.3) is 0 Å². The van der Waals surface area contributed by atoms with Gasteiger partial charge in [0.1, 0.15) is 0 Å². The molecule has 0 aromatic rings. The molecule has 1 aliphatic carbocycles. The summed E-state index contributed by atoms with van der Waals surface area (Å²) >= 11 is 0. The van der Waals surface area contributed by atoms with E-state index in [2.05, 4.69) is 11.8 Å². The van der Waals surface area contributed by atoms with E-state index in [0.717, 1.165) is 19.4 Å². The SMILES string of the molecule is CCCC(=O)N1CCCC2CC21CN.